The Morgan fingerprint density at radius 3 is 2.42 bits per heavy atom. The van der Waals surface area contributed by atoms with Crippen molar-refractivity contribution < 1.29 is 4.39 Å². The molecular formula is C24H29FN6. The number of rotatable bonds is 8. The minimum atomic E-state index is -0.340. The Balaban J connectivity index is 1.66. The molecule has 0 fully saturated rings. The van der Waals surface area contributed by atoms with Crippen LogP contribution in [0.3, 0.4) is 0 Å². The van der Waals surface area contributed by atoms with E-state index in [0.29, 0.717) is 35.7 Å². The van der Waals surface area contributed by atoms with Crippen molar-refractivity contribution in [2.45, 2.75) is 27.2 Å². The molecule has 162 valence electrons. The molecule has 3 aromatic rings. The second kappa shape index (κ2) is 11.1. The van der Waals surface area contributed by atoms with E-state index < -0.39 is 0 Å². The van der Waals surface area contributed by atoms with Gasteiger partial charge in [0.15, 0.2) is 0 Å². The fourth-order valence-electron chi connectivity index (χ4n) is 2.84. The second-order valence-corrected chi connectivity index (χ2v) is 7.67. The number of benzene rings is 2. The number of nitrogens with zero attached hydrogens (tertiary/aromatic N) is 3. The standard InChI is InChI=1S/C24H29FN6/c1-17(2)15-27-24(30-21-12-8-7-11-20(21)25)31-22-16-28-23(29-18(22)3)26-14-13-19-9-5-4-6-10-19/h4-12,16-17H,13-15H2,1-3H3,(H,26,28,29)(H2,27,30,31). The van der Waals surface area contributed by atoms with Crippen LogP contribution in [0.1, 0.15) is 25.1 Å². The summed E-state index contributed by atoms with van der Waals surface area (Å²) in [4.78, 5) is 13.5. The third kappa shape index (κ3) is 7.06. The van der Waals surface area contributed by atoms with Crippen molar-refractivity contribution in [1.29, 1.82) is 0 Å². The van der Waals surface area contributed by atoms with Crippen LogP contribution >= 0.6 is 0 Å². The molecule has 3 rings (SSSR count). The van der Waals surface area contributed by atoms with Gasteiger partial charge < -0.3 is 16.0 Å². The number of hydrogen-bond donors (Lipinski definition) is 3. The van der Waals surface area contributed by atoms with Crippen LogP contribution in [-0.4, -0.2) is 29.0 Å². The van der Waals surface area contributed by atoms with Crippen LogP contribution in [0.5, 0.6) is 0 Å². The van der Waals surface area contributed by atoms with Gasteiger partial charge >= 0.3 is 0 Å². The molecule has 0 saturated heterocycles. The number of nitrogens with one attached hydrogen (secondary N) is 3. The summed E-state index contributed by atoms with van der Waals surface area (Å²) < 4.78 is 14.1. The minimum absolute atomic E-state index is 0.340. The summed E-state index contributed by atoms with van der Waals surface area (Å²) in [6, 6.07) is 16.8. The van der Waals surface area contributed by atoms with E-state index in [0.717, 1.165) is 18.7 Å². The molecule has 0 atom stereocenters. The summed E-state index contributed by atoms with van der Waals surface area (Å²) in [5.41, 5.74) is 3.09. The molecule has 0 unspecified atom stereocenters. The highest BCUT2D eigenvalue weighted by Gasteiger charge is 2.09. The first-order valence-corrected chi connectivity index (χ1v) is 10.5. The highest BCUT2D eigenvalue weighted by atomic mass is 19.1. The van der Waals surface area contributed by atoms with Crippen molar-refractivity contribution in [1.82, 2.24) is 9.97 Å². The van der Waals surface area contributed by atoms with Gasteiger partial charge in [-0.1, -0.05) is 56.3 Å². The molecule has 1 heterocycles. The molecule has 0 aliphatic rings. The van der Waals surface area contributed by atoms with Gasteiger partial charge in [0.05, 0.1) is 23.3 Å². The SMILES string of the molecule is Cc1nc(NCCc2ccccc2)ncc1NC(=NCC(C)C)Nc1ccccc1F. The summed E-state index contributed by atoms with van der Waals surface area (Å²) in [6.07, 6.45) is 2.60. The van der Waals surface area contributed by atoms with Crippen LogP contribution in [-0.2, 0) is 6.42 Å². The number of aliphatic imine (C=N–C) groups is 1. The Labute approximate surface area is 183 Å². The van der Waals surface area contributed by atoms with Crippen LogP contribution in [0.4, 0.5) is 21.7 Å². The molecule has 0 amide bonds. The van der Waals surface area contributed by atoms with Crippen LogP contribution in [0, 0.1) is 18.7 Å². The van der Waals surface area contributed by atoms with Crippen molar-refractivity contribution in [2.24, 2.45) is 10.9 Å². The van der Waals surface area contributed by atoms with Gasteiger partial charge in [0.1, 0.15) is 5.82 Å². The minimum Gasteiger partial charge on any atom is -0.354 e. The topological polar surface area (TPSA) is 74.2 Å². The van der Waals surface area contributed by atoms with Gasteiger partial charge in [-0.15, -0.1) is 0 Å². The molecule has 2 aromatic carbocycles. The fourth-order valence-corrected chi connectivity index (χ4v) is 2.84. The highest BCUT2D eigenvalue weighted by Crippen LogP contribution is 2.16. The number of para-hydroxylation sites is 1. The largest absolute Gasteiger partial charge is 0.354 e. The fraction of sp³-hybridized carbons (Fsp3) is 0.292. The maximum absolute atomic E-state index is 14.1. The predicted molar refractivity (Wildman–Crippen MR) is 126 cm³/mol. The Kier molecular flexibility index (Phi) is 7.92. The summed E-state index contributed by atoms with van der Waals surface area (Å²) in [7, 11) is 0. The maximum Gasteiger partial charge on any atom is 0.222 e. The van der Waals surface area contributed by atoms with Crippen molar-refractivity contribution in [3.8, 4) is 0 Å². The summed E-state index contributed by atoms with van der Waals surface area (Å²) in [6.45, 7) is 7.40. The zero-order chi connectivity index (χ0) is 22.1. The molecule has 0 radical (unpaired) electrons. The third-order valence-electron chi connectivity index (χ3n) is 4.51. The van der Waals surface area contributed by atoms with Gasteiger partial charge in [0.25, 0.3) is 0 Å². The van der Waals surface area contributed by atoms with Gasteiger partial charge in [0.2, 0.25) is 11.9 Å². The Morgan fingerprint density at radius 1 is 1.00 bits per heavy atom. The monoisotopic (exact) mass is 420 g/mol. The van der Waals surface area contributed by atoms with Gasteiger partial charge in [0, 0.05) is 13.1 Å². The van der Waals surface area contributed by atoms with Gasteiger partial charge in [-0.3, -0.25) is 4.99 Å². The van der Waals surface area contributed by atoms with Crippen LogP contribution in [0.25, 0.3) is 0 Å². The third-order valence-corrected chi connectivity index (χ3v) is 4.51. The van der Waals surface area contributed by atoms with E-state index in [-0.39, 0.29) is 5.82 Å². The van der Waals surface area contributed by atoms with E-state index in [1.807, 2.05) is 25.1 Å². The number of aryl methyl sites for hydroxylation is 1. The molecule has 0 bridgehead atoms. The van der Waals surface area contributed by atoms with E-state index in [1.54, 1.807) is 24.4 Å². The molecule has 7 heteroatoms. The van der Waals surface area contributed by atoms with Gasteiger partial charge in [-0.2, -0.15) is 0 Å². The number of anilines is 3. The van der Waals surface area contributed by atoms with Gasteiger partial charge in [-0.25, -0.2) is 14.4 Å². The Morgan fingerprint density at radius 2 is 1.71 bits per heavy atom. The number of halogens is 1. The van der Waals surface area contributed by atoms with Crippen molar-refractivity contribution in [2.75, 3.05) is 29.0 Å². The average molecular weight is 421 g/mol. The molecule has 0 aliphatic heterocycles. The van der Waals surface area contributed by atoms with Crippen LogP contribution in [0.2, 0.25) is 0 Å². The molecule has 0 saturated carbocycles. The molecule has 0 aliphatic carbocycles. The highest BCUT2D eigenvalue weighted by molar-refractivity contribution is 6.03. The Hall–Kier alpha value is -3.48. The number of aromatic nitrogens is 2. The van der Waals surface area contributed by atoms with Gasteiger partial charge in [-0.05, 0) is 37.0 Å². The average Bonchev–Trinajstić information content (AvgIpc) is 2.76. The summed E-state index contributed by atoms with van der Waals surface area (Å²) in [5, 5.41) is 9.50. The summed E-state index contributed by atoms with van der Waals surface area (Å²) >= 11 is 0. The maximum atomic E-state index is 14.1. The van der Waals surface area contributed by atoms with Crippen LogP contribution in [0.15, 0.2) is 65.8 Å². The molecule has 1 aromatic heterocycles. The van der Waals surface area contributed by atoms with Crippen molar-refractivity contribution >= 4 is 23.3 Å². The zero-order valence-electron chi connectivity index (χ0n) is 18.2. The molecule has 6 nitrogen and oxygen atoms in total. The molecule has 3 N–H and O–H groups in total. The predicted octanol–water partition coefficient (Wildman–Crippen LogP) is 5.11. The van der Waals surface area contributed by atoms with E-state index in [1.165, 1.54) is 11.6 Å². The lowest BCUT2D eigenvalue weighted by molar-refractivity contribution is 0.632. The normalized spacial score (nSPS) is 11.5. The first kappa shape index (κ1) is 22.2. The number of hydrogen-bond acceptors (Lipinski definition) is 4. The first-order valence-electron chi connectivity index (χ1n) is 10.5. The van der Waals surface area contributed by atoms with E-state index in [2.05, 4.69) is 56.9 Å². The second-order valence-electron chi connectivity index (χ2n) is 7.67. The quantitative estimate of drug-likeness (QED) is 0.349. The lowest BCUT2D eigenvalue weighted by Crippen LogP contribution is -2.24. The lowest BCUT2D eigenvalue weighted by atomic mass is 10.1. The smallest absolute Gasteiger partial charge is 0.222 e. The van der Waals surface area contributed by atoms with E-state index in [4.69, 9.17) is 0 Å². The van der Waals surface area contributed by atoms with E-state index in [9.17, 15) is 4.39 Å². The molecule has 0 spiro atoms. The van der Waals surface area contributed by atoms with Crippen LogP contribution < -0.4 is 16.0 Å². The van der Waals surface area contributed by atoms with E-state index >= 15 is 0 Å². The Bertz CT molecular complexity index is 1000. The first-order chi connectivity index (χ1) is 15.0. The van der Waals surface area contributed by atoms with Crippen molar-refractivity contribution in [3.63, 3.8) is 0 Å². The zero-order valence-corrected chi connectivity index (χ0v) is 18.2. The molecular weight excluding hydrogens is 391 g/mol. The van der Waals surface area contributed by atoms with Crippen molar-refractivity contribution in [3.05, 3.63) is 77.9 Å². The lowest BCUT2D eigenvalue weighted by Gasteiger charge is -2.15. The molecule has 31 heavy (non-hydrogen) atoms. The summed E-state index contributed by atoms with van der Waals surface area (Å²) in [5.74, 6) is 1.05. The number of guanidine groups is 1.